The Morgan fingerprint density at radius 3 is 2.59 bits per heavy atom. The minimum absolute atomic E-state index is 0.0802. The molecule has 0 atom stereocenters. The summed E-state index contributed by atoms with van der Waals surface area (Å²) >= 11 is 0. The fraction of sp³-hybridized carbons (Fsp3) is 0.423. The first-order chi connectivity index (χ1) is 16.4. The minimum atomic E-state index is -0.174. The molecule has 1 saturated heterocycles. The molecule has 2 aliphatic heterocycles. The summed E-state index contributed by atoms with van der Waals surface area (Å²) < 4.78 is 2.11. The molecule has 2 aliphatic rings. The molecule has 0 spiro atoms. The molecular formula is C26H32N6O2. The molecule has 0 radical (unpaired) electrons. The number of aromatic amines is 1. The largest absolute Gasteiger partial charge is 0.345 e. The van der Waals surface area contributed by atoms with Gasteiger partial charge in [-0.2, -0.15) is 5.10 Å². The van der Waals surface area contributed by atoms with E-state index in [4.69, 9.17) is 0 Å². The van der Waals surface area contributed by atoms with Crippen molar-refractivity contribution in [1.82, 2.24) is 24.6 Å². The van der Waals surface area contributed by atoms with Crippen LogP contribution < -0.4 is 5.32 Å². The normalized spacial score (nSPS) is 16.2. The molecule has 0 bridgehead atoms. The van der Waals surface area contributed by atoms with Crippen LogP contribution in [-0.4, -0.2) is 69.6 Å². The molecule has 4 heterocycles. The minimum Gasteiger partial charge on any atom is -0.345 e. The number of carbonyl (C=O) groups is 2. The summed E-state index contributed by atoms with van der Waals surface area (Å²) in [7, 11) is 2.10. The number of benzene rings is 1. The lowest BCUT2D eigenvalue weighted by molar-refractivity contribution is 0.0762. The molecule has 34 heavy (non-hydrogen) atoms. The highest BCUT2D eigenvalue weighted by Crippen LogP contribution is 2.34. The zero-order valence-corrected chi connectivity index (χ0v) is 20.1. The molecule has 2 aromatic heterocycles. The van der Waals surface area contributed by atoms with E-state index in [1.54, 1.807) is 0 Å². The van der Waals surface area contributed by atoms with E-state index in [2.05, 4.69) is 45.9 Å². The van der Waals surface area contributed by atoms with Crippen molar-refractivity contribution in [2.75, 3.05) is 38.5 Å². The van der Waals surface area contributed by atoms with E-state index in [1.165, 1.54) is 5.56 Å². The maximum atomic E-state index is 13.2. The van der Waals surface area contributed by atoms with Gasteiger partial charge < -0.3 is 19.7 Å². The third kappa shape index (κ3) is 4.25. The molecule has 0 aliphatic carbocycles. The summed E-state index contributed by atoms with van der Waals surface area (Å²) in [6, 6.07) is 9.64. The van der Waals surface area contributed by atoms with Gasteiger partial charge in [0.1, 0.15) is 0 Å². The Hall–Kier alpha value is -3.39. The van der Waals surface area contributed by atoms with Crippen molar-refractivity contribution in [2.45, 2.75) is 39.2 Å². The van der Waals surface area contributed by atoms with E-state index in [0.717, 1.165) is 62.5 Å². The molecule has 2 N–H and O–H groups in total. The van der Waals surface area contributed by atoms with Crippen LogP contribution in [0, 0.1) is 0 Å². The van der Waals surface area contributed by atoms with E-state index >= 15 is 0 Å². The van der Waals surface area contributed by atoms with Crippen LogP contribution in [0.4, 0.5) is 5.82 Å². The van der Waals surface area contributed by atoms with Gasteiger partial charge in [-0.25, -0.2) is 0 Å². The van der Waals surface area contributed by atoms with Crippen LogP contribution in [0.3, 0.4) is 0 Å². The van der Waals surface area contributed by atoms with E-state index < -0.39 is 0 Å². The number of fused-ring (bicyclic) bond motifs is 3. The highest BCUT2D eigenvalue weighted by molar-refractivity contribution is 6.04. The van der Waals surface area contributed by atoms with Crippen molar-refractivity contribution in [1.29, 1.82) is 0 Å². The Morgan fingerprint density at radius 2 is 1.82 bits per heavy atom. The monoisotopic (exact) mass is 460 g/mol. The van der Waals surface area contributed by atoms with Crippen LogP contribution in [0.25, 0.3) is 11.4 Å². The van der Waals surface area contributed by atoms with Crippen molar-refractivity contribution in [3.05, 3.63) is 58.8 Å². The zero-order valence-electron chi connectivity index (χ0n) is 20.1. The van der Waals surface area contributed by atoms with Crippen LogP contribution in [0.15, 0.2) is 36.5 Å². The van der Waals surface area contributed by atoms with E-state index in [0.29, 0.717) is 22.9 Å². The molecule has 3 aromatic rings. The van der Waals surface area contributed by atoms with Crippen LogP contribution in [-0.2, 0) is 13.0 Å². The van der Waals surface area contributed by atoms with E-state index in [9.17, 15) is 9.59 Å². The molecular weight excluding hydrogens is 428 g/mol. The Kier molecular flexibility index (Phi) is 6.00. The summed E-state index contributed by atoms with van der Waals surface area (Å²) in [5.74, 6) is 0.886. The van der Waals surface area contributed by atoms with Crippen LogP contribution in [0.2, 0.25) is 0 Å². The lowest BCUT2D eigenvalue weighted by atomic mass is 10.0. The number of anilines is 1. The van der Waals surface area contributed by atoms with Gasteiger partial charge >= 0.3 is 0 Å². The SMILES string of the molecule is CC(C)c1ccc(C(=O)Nc2n[nH]c3c2CCn2cc(C(=O)N4CCCN(C)CC4)cc2-3)cc1. The Balaban J connectivity index is 1.34. The summed E-state index contributed by atoms with van der Waals surface area (Å²) in [6.07, 6.45) is 3.67. The molecule has 1 aromatic carbocycles. The maximum Gasteiger partial charge on any atom is 0.256 e. The second-order valence-electron chi connectivity index (χ2n) is 9.66. The number of likely N-dealkylation sites (N-methyl/N-ethyl adjacent to an activating group) is 1. The first-order valence-corrected chi connectivity index (χ1v) is 12.1. The average Bonchev–Trinajstić information content (AvgIpc) is 3.38. The van der Waals surface area contributed by atoms with Gasteiger partial charge in [0, 0.05) is 43.5 Å². The van der Waals surface area contributed by atoms with E-state index in [1.807, 2.05) is 41.4 Å². The molecule has 0 unspecified atom stereocenters. The Labute approximate surface area is 199 Å². The third-order valence-corrected chi connectivity index (χ3v) is 6.95. The van der Waals surface area contributed by atoms with Gasteiger partial charge in [0.2, 0.25) is 0 Å². The highest BCUT2D eigenvalue weighted by atomic mass is 16.2. The Morgan fingerprint density at radius 1 is 1.03 bits per heavy atom. The first-order valence-electron chi connectivity index (χ1n) is 12.1. The van der Waals surface area contributed by atoms with Crippen molar-refractivity contribution in [3.8, 4) is 11.4 Å². The first kappa shape index (κ1) is 22.4. The number of carbonyl (C=O) groups excluding carboxylic acids is 2. The predicted molar refractivity (Wildman–Crippen MR) is 132 cm³/mol. The van der Waals surface area contributed by atoms with Gasteiger partial charge in [-0.1, -0.05) is 26.0 Å². The van der Waals surface area contributed by atoms with Crippen molar-refractivity contribution < 1.29 is 9.59 Å². The van der Waals surface area contributed by atoms with Crippen molar-refractivity contribution in [2.24, 2.45) is 0 Å². The fourth-order valence-corrected chi connectivity index (χ4v) is 4.81. The molecule has 178 valence electrons. The quantitative estimate of drug-likeness (QED) is 0.623. The summed E-state index contributed by atoms with van der Waals surface area (Å²) in [5, 5.41) is 10.5. The summed E-state index contributed by atoms with van der Waals surface area (Å²) in [6.45, 7) is 8.45. The summed E-state index contributed by atoms with van der Waals surface area (Å²) in [4.78, 5) is 30.2. The number of nitrogens with one attached hydrogen (secondary N) is 2. The Bertz CT molecular complexity index is 1210. The van der Waals surface area contributed by atoms with Crippen LogP contribution in [0.1, 0.15) is 58.0 Å². The number of amides is 2. The van der Waals surface area contributed by atoms with Crippen LogP contribution in [0.5, 0.6) is 0 Å². The molecule has 5 rings (SSSR count). The maximum absolute atomic E-state index is 13.2. The number of aryl methyl sites for hydroxylation is 1. The van der Waals surface area contributed by atoms with Crippen molar-refractivity contribution >= 4 is 17.6 Å². The number of hydrogen-bond donors (Lipinski definition) is 2. The van der Waals surface area contributed by atoms with Crippen LogP contribution >= 0.6 is 0 Å². The van der Waals surface area contributed by atoms with Gasteiger partial charge in [-0.05, 0) is 56.1 Å². The number of rotatable bonds is 4. The molecule has 1 fully saturated rings. The lowest BCUT2D eigenvalue weighted by Gasteiger charge is -2.19. The molecule has 2 amide bonds. The number of H-pyrrole nitrogens is 1. The van der Waals surface area contributed by atoms with Gasteiger partial charge in [-0.3, -0.25) is 14.7 Å². The highest BCUT2D eigenvalue weighted by Gasteiger charge is 2.27. The number of hydrogen-bond acceptors (Lipinski definition) is 4. The standard InChI is InChI=1S/C26H32N6O2/c1-17(2)18-5-7-19(8-6-18)25(33)27-24-21-9-12-32-16-20(15-22(32)23(21)28-29-24)26(34)31-11-4-10-30(3)13-14-31/h5-8,15-17H,4,9-14H2,1-3H3,(H2,27,28,29,33). The third-order valence-electron chi connectivity index (χ3n) is 6.95. The molecule has 8 nitrogen and oxygen atoms in total. The number of aromatic nitrogens is 3. The van der Waals surface area contributed by atoms with Gasteiger partial charge in [0.05, 0.1) is 17.0 Å². The smallest absolute Gasteiger partial charge is 0.256 e. The second kappa shape index (κ2) is 9.10. The van der Waals surface area contributed by atoms with Crippen molar-refractivity contribution in [3.63, 3.8) is 0 Å². The summed E-state index contributed by atoms with van der Waals surface area (Å²) in [5.41, 5.74) is 5.30. The predicted octanol–water partition coefficient (Wildman–Crippen LogP) is 3.59. The topological polar surface area (TPSA) is 86.3 Å². The average molecular weight is 461 g/mol. The van der Waals surface area contributed by atoms with Gasteiger partial charge in [0.25, 0.3) is 11.8 Å². The second-order valence-corrected chi connectivity index (χ2v) is 9.66. The molecule has 8 heteroatoms. The lowest BCUT2D eigenvalue weighted by Crippen LogP contribution is -2.34. The number of nitrogens with zero attached hydrogens (tertiary/aromatic N) is 4. The van der Waals surface area contributed by atoms with Gasteiger partial charge in [-0.15, -0.1) is 0 Å². The molecule has 0 saturated carbocycles. The fourth-order valence-electron chi connectivity index (χ4n) is 4.81. The van der Waals surface area contributed by atoms with E-state index in [-0.39, 0.29) is 11.8 Å². The zero-order chi connectivity index (χ0) is 23.8. The van der Waals surface area contributed by atoms with Gasteiger partial charge in [0.15, 0.2) is 5.82 Å².